The van der Waals surface area contributed by atoms with Gasteiger partial charge in [-0.2, -0.15) is 0 Å². The lowest BCUT2D eigenvalue weighted by molar-refractivity contribution is 0.478. The van der Waals surface area contributed by atoms with Crippen LogP contribution in [0, 0.1) is 0 Å². The number of ether oxygens (including phenoxy) is 1. The number of fused-ring (bicyclic) bond motifs is 1. The topological polar surface area (TPSA) is 75.5 Å². The molecule has 0 aliphatic carbocycles. The van der Waals surface area contributed by atoms with Crippen LogP contribution in [0.25, 0.3) is 5.65 Å². The molecule has 0 radical (unpaired) electrons. The van der Waals surface area contributed by atoms with E-state index < -0.39 is 0 Å². The summed E-state index contributed by atoms with van der Waals surface area (Å²) in [5, 5.41) is 15.1. The second kappa shape index (κ2) is 8.42. The zero-order chi connectivity index (χ0) is 20.2. The van der Waals surface area contributed by atoms with Crippen molar-refractivity contribution in [2.75, 3.05) is 23.7 Å². The van der Waals surface area contributed by atoms with Gasteiger partial charge in [-0.1, -0.05) is 18.2 Å². The Kier molecular flexibility index (Phi) is 5.18. The summed E-state index contributed by atoms with van der Waals surface area (Å²) in [7, 11) is 0. The van der Waals surface area contributed by atoms with E-state index in [2.05, 4.69) is 26.0 Å². The average molecular weight is 400 g/mol. The van der Waals surface area contributed by atoms with E-state index in [-0.39, 0.29) is 0 Å². The van der Waals surface area contributed by atoms with Crippen LogP contribution in [0.1, 0.15) is 12.8 Å². The first-order valence-corrected chi connectivity index (χ1v) is 10.3. The fourth-order valence-corrected chi connectivity index (χ4v) is 3.65. The first-order chi connectivity index (χ1) is 14.8. The minimum Gasteiger partial charge on any atom is -0.457 e. The van der Waals surface area contributed by atoms with E-state index in [4.69, 9.17) is 4.74 Å². The molecular formula is C23H24N6O. The molecule has 0 unspecified atom stereocenters. The maximum absolute atomic E-state index is 5.87. The smallest absolute Gasteiger partial charge is 0.177 e. The van der Waals surface area contributed by atoms with E-state index in [1.54, 1.807) is 10.7 Å². The van der Waals surface area contributed by atoms with Crippen molar-refractivity contribution in [3.8, 4) is 11.5 Å². The zero-order valence-electron chi connectivity index (χ0n) is 16.6. The third-order valence-electron chi connectivity index (χ3n) is 5.12. The van der Waals surface area contributed by atoms with Crippen molar-refractivity contribution in [3.05, 3.63) is 73.1 Å². The second-order valence-electron chi connectivity index (χ2n) is 7.39. The van der Waals surface area contributed by atoms with Crippen LogP contribution in [0.3, 0.4) is 0 Å². The number of benzene rings is 2. The summed E-state index contributed by atoms with van der Waals surface area (Å²) >= 11 is 0. The Morgan fingerprint density at radius 2 is 1.87 bits per heavy atom. The number of nitrogens with zero attached hydrogens (tertiary/aromatic N) is 3. The quantitative estimate of drug-likeness (QED) is 0.445. The van der Waals surface area contributed by atoms with Crippen LogP contribution in [0.2, 0.25) is 0 Å². The molecule has 0 bridgehead atoms. The lowest BCUT2D eigenvalue weighted by atomic mass is 10.1. The summed E-state index contributed by atoms with van der Waals surface area (Å²) < 4.78 is 7.67. The first kappa shape index (κ1) is 18.4. The van der Waals surface area contributed by atoms with Crippen molar-refractivity contribution >= 4 is 22.8 Å². The average Bonchev–Trinajstić information content (AvgIpc) is 3.26. The zero-order valence-corrected chi connectivity index (χ0v) is 16.6. The molecule has 152 valence electrons. The van der Waals surface area contributed by atoms with Gasteiger partial charge in [0.25, 0.3) is 0 Å². The molecule has 5 rings (SSSR count). The highest BCUT2D eigenvalue weighted by Crippen LogP contribution is 2.27. The second-order valence-corrected chi connectivity index (χ2v) is 7.39. The number of aromatic nitrogens is 3. The highest BCUT2D eigenvalue weighted by molar-refractivity contribution is 5.76. The Balaban J connectivity index is 1.34. The van der Waals surface area contributed by atoms with E-state index in [0.29, 0.717) is 6.04 Å². The molecule has 0 saturated carbocycles. The molecule has 7 nitrogen and oxygen atoms in total. The van der Waals surface area contributed by atoms with Gasteiger partial charge in [-0.05, 0) is 55.8 Å². The molecule has 7 heteroatoms. The number of rotatable bonds is 6. The van der Waals surface area contributed by atoms with Crippen LogP contribution >= 0.6 is 0 Å². The van der Waals surface area contributed by atoms with Crippen LogP contribution in [-0.4, -0.2) is 33.7 Å². The molecule has 30 heavy (non-hydrogen) atoms. The lowest BCUT2D eigenvalue weighted by Crippen LogP contribution is -2.38. The largest absolute Gasteiger partial charge is 0.457 e. The van der Waals surface area contributed by atoms with Crippen LogP contribution in [-0.2, 0) is 0 Å². The third-order valence-corrected chi connectivity index (χ3v) is 5.12. The summed E-state index contributed by atoms with van der Waals surface area (Å²) in [6, 6.07) is 20.1. The lowest BCUT2D eigenvalue weighted by Gasteiger charge is -2.24. The van der Waals surface area contributed by atoms with Crippen LogP contribution < -0.4 is 20.7 Å². The first-order valence-electron chi connectivity index (χ1n) is 10.3. The monoisotopic (exact) mass is 400 g/mol. The minimum absolute atomic E-state index is 0.384. The summed E-state index contributed by atoms with van der Waals surface area (Å²) in [4.78, 5) is 4.45. The van der Waals surface area contributed by atoms with Gasteiger partial charge >= 0.3 is 0 Å². The standard InChI is InChI=1S/C23H24N6O/c1-2-6-19(7-3-1)30-20-10-8-17(9-11-20)26-21-15-22(27-18-5-4-12-24-16-18)28-29-14-13-25-23(21)29/h1-3,6-11,13-15,18,24,26H,4-5,12,16H2,(H,27,28)/t18-/m0/s1. The minimum atomic E-state index is 0.384. The third kappa shape index (κ3) is 4.21. The van der Waals surface area contributed by atoms with Crippen molar-refractivity contribution in [2.45, 2.75) is 18.9 Å². The van der Waals surface area contributed by atoms with E-state index >= 15 is 0 Å². The molecule has 1 atom stereocenters. The molecule has 1 saturated heterocycles. The van der Waals surface area contributed by atoms with Gasteiger partial charge in [-0.25, -0.2) is 9.50 Å². The van der Waals surface area contributed by atoms with Crippen molar-refractivity contribution in [1.29, 1.82) is 0 Å². The SMILES string of the molecule is c1ccc(Oc2ccc(Nc3cc(N[C@H]4CCCNC4)nn4ccnc34)cc2)cc1. The number of imidazole rings is 1. The Labute approximate surface area is 175 Å². The summed E-state index contributed by atoms with van der Waals surface area (Å²) in [5.41, 5.74) is 2.64. The van der Waals surface area contributed by atoms with Crippen molar-refractivity contribution in [3.63, 3.8) is 0 Å². The number of piperidine rings is 1. The highest BCUT2D eigenvalue weighted by Gasteiger charge is 2.15. The number of anilines is 3. The van der Waals surface area contributed by atoms with Crippen LogP contribution in [0.4, 0.5) is 17.2 Å². The van der Waals surface area contributed by atoms with E-state index in [9.17, 15) is 0 Å². The predicted octanol–water partition coefficient (Wildman–Crippen LogP) is 4.43. The molecule has 3 N–H and O–H groups in total. The molecule has 1 fully saturated rings. The van der Waals surface area contributed by atoms with Crippen LogP contribution in [0.15, 0.2) is 73.1 Å². The fourth-order valence-electron chi connectivity index (χ4n) is 3.65. The van der Waals surface area contributed by atoms with Gasteiger partial charge in [0.2, 0.25) is 0 Å². The van der Waals surface area contributed by atoms with Gasteiger partial charge in [0.15, 0.2) is 5.65 Å². The molecule has 2 aromatic carbocycles. The number of para-hydroxylation sites is 1. The Morgan fingerprint density at radius 1 is 1.03 bits per heavy atom. The Hall–Kier alpha value is -3.58. The van der Waals surface area contributed by atoms with E-state index in [0.717, 1.165) is 53.8 Å². The Bertz CT molecular complexity index is 1100. The van der Waals surface area contributed by atoms with Gasteiger partial charge in [-0.3, -0.25) is 0 Å². The summed E-state index contributed by atoms with van der Waals surface area (Å²) in [6.07, 6.45) is 5.94. The maximum atomic E-state index is 5.87. The summed E-state index contributed by atoms with van der Waals surface area (Å²) in [5.74, 6) is 2.44. The van der Waals surface area contributed by atoms with Crippen molar-refractivity contribution in [2.24, 2.45) is 0 Å². The van der Waals surface area contributed by atoms with E-state index in [1.165, 1.54) is 6.42 Å². The normalized spacial score (nSPS) is 16.3. The number of hydrogen-bond donors (Lipinski definition) is 3. The molecule has 1 aliphatic rings. The molecule has 2 aromatic heterocycles. The van der Waals surface area contributed by atoms with E-state index in [1.807, 2.05) is 66.9 Å². The summed E-state index contributed by atoms with van der Waals surface area (Å²) in [6.45, 7) is 2.04. The molecule has 4 aromatic rings. The predicted molar refractivity (Wildman–Crippen MR) is 119 cm³/mol. The molecule has 0 spiro atoms. The highest BCUT2D eigenvalue weighted by atomic mass is 16.5. The fraction of sp³-hybridized carbons (Fsp3) is 0.217. The maximum Gasteiger partial charge on any atom is 0.177 e. The van der Waals surface area contributed by atoms with Gasteiger partial charge in [0.1, 0.15) is 17.3 Å². The van der Waals surface area contributed by atoms with Gasteiger partial charge in [-0.15, -0.1) is 5.10 Å². The van der Waals surface area contributed by atoms with Crippen molar-refractivity contribution in [1.82, 2.24) is 19.9 Å². The Morgan fingerprint density at radius 3 is 2.67 bits per heavy atom. The number of hydrogen-bond acceptors (Lipinski definition) is 6. The molecular weight excluding hydrogens is 376 g/mol. The van der Waals surface area contributed by atoms with Crippen LogP contribution in [0.5, 0.6) is 11.5 Å². The van der Waals surface area contributed by atoms with Gasteiger partial charge < -0.3 is 20.7 Å². The van der Waals surface area contributed by atoms with Gasteiger partial charge in [0.05, 0.1) is 5.69 Å². The van der Waals surface area contributed by atoms with Gasteiger partial charge in [0, 0.05) is 36.7 Å². The molecule has 0 amide bonds. The van der Waals surface area contributed by atoms with Crippen molar-refractivity contribution < 1.29 is 4.74 Å². The number of nitrogens with one attached hydrogen (secondary N) is 3. The molecule has 1 aliphatic heterocycles. The molecule has 3 heterocycles.